The molecule has 1 aliphatic rings. The van der Waals surface area contributed by atoms with Gasteiger partial charge in [0.15, 0.2) is 5.13 Å². The topological polar surface area (TPSA) is 114 Å². The third-order valence-corrected chi connectivity index (χ3v) is 9.54. The van der Waals surface area contributed by atoms with E-state index in [2.05, 4.69) is 20.0 Å². The maximum atomic E-state index is 13.6. The van der Waals surface area contributed by atoms with Crippen LogP contribution in [0.15, 0.2) is 65.6 Å². The summed E-state index contributed by atoms with van der Waals surface area (Å²) in [6.45, 7) is 0. The van der Waals surface area contributed by atoms with Crippen LogP contribution in [0.2, 0.25) is 0 Å². The van der Waals surface area contributed by atoms with Crippen LogP contribution in [0.1, 0.15) is 43.6 Å². The number of nitrogens with zero attached hydrogens (tertiary/aromatic N) is 3. The predicted molar refractivity (Wildman–Crippen MR) is 160 cm³/mol. The smallest absolute Gasteiger partial charge is 0.261 e. The summed E-state index contributed by atoms with van der Waals surface area (Å²) >= 11 is 1.30. The lowest BCUT2D eigenvalue weighted by atomic mass is 9.87. The molecule has 2 aromatic heterocycles. The fourth-order valence-electron chi connectivity index (χ4n) is 5.05. The van der Waals surface area contributed by atoms with Crippen LogP contribution in [0, 0.1) is 5.92 Å². The standard InChI is InChI=1S/C29H33N5O4S2/c1-34(2)22-12-10-21(11-13-22)33-40(36,37)23-14-8-20(9-15-23)24(18-19-6-4-5-7-19)27(35)32-29-30-25-16-17-26(38-3)31-28(25)39-29/h8-17,19,24,33H,4-7,18H2,1-3H3,(H,30,32,35). The molecular formula is C29H33N5O4S2. The van der Waals surface area contributed by atoms with Gasteiger partial charge in [-0.05, 0) is 60.4 Å². The Kier molecular flexibility index (Phi) is 8.22. The number of carbonyl (C=O) groups excluding carboxylic acids is 1. The molecule has 1 atom stereocenters. The summed E-state index contributed by atoms with van der Waals surface area (Å²) < 4.78 is 34.0. The molecule has 1 unspecified atom stereocenters. The highest BCUT2D eigenvalue weighted by Gasteiger charge is 2.28. The van der Waals surface area contributed by atoms with Gasteiger partial charge in [0.1, 0.15) is 10.3 Å². The van der Waals surface area contributed by atoms with Crippen molar-refractivity contribution in [3.05, 3.63) is 66.2 Å². The van der Waals surface area contributed by atoms with Crippen molar-refractivity contribution in [1.82, 2.24) is 9.97 Å². The average molecular weight is 580 g/mol. The van der Waals surface area contributed by atoms with Crippen LogP contribution in [0.4, 0.5) is 16.5 Å². The zero-order valence-electron chi connectivity index (χ0n) is 22.8. The Labute approximate surface area is 238 Å². The van der Waals surface area contributed by atoms with Crippen molar-refractivity contribution < 1.29 is 17.9 Å². The highest BCUT2D eigenvalue weighted by Crippen LogP contribution is 2.36. The molecule has 2 N–H and O–H groups in total. The van der Waals surface area contributed by atoms with Crippen LogP contribution < -0.4 is 19.7 Å². The first-order chi connectivity index (χ1) is 19.2. The molecule has 5 rings (SSSR count). The summed E-state index contributed by atoms with van der Waals surface area (Å²) in [5.74, 6) is 0.351. The molecule has 1 fully saturated rings. The van der Waals surface area contributed by atoms with E-state index in [1.165, 1.54) is 24.2 Å². The van der Waals surface area contributed by atoms with Crippen LogP contribution >= 0.6 is 11.3 Å². The lowest BCUT2D eigenvalue weighted by Gasteiger charge is -2.20. The summed E-state index contributed by atoms with van der Waals surface area (Å²) in [4.78, 5) is 25.3. The molecule has 0 aliphatic heterocycles. The monoisotopic (exact) mass is 579 g/mol. The van der Waals surface area contributed by atoms with Crippen LogP contribution in [0.3, 0.4) is 0 Å². The molecule has 210 valence electrons. The van der Waals surface area contributed by atoms with Crippen molar-refractivity contribution in [2.45, 2.75) is 42.9 Å². The molecule has 2 heterocycles. The molecule has 0 radical (unpaired) electrons. The molecule has 11 heteroatoms. The second-order valence-electron chi connectivity index (χ2n) is 10.2. The quantitative estimate of drug-likeness (QED) is 0.242. The van der Waals surface area contributed by atoms with Gasteiger partial charge in [0, 0.05) is 31.5 Å². The van der Waals surface area contributed by atoms with Gasteiger partial charge in [-0.3, -0.25) is 9.52 Å². The molecule has 1 aliphatic carbocycles. The van der Waals surface area contributed by atoms with Gasteiger partial charge in [-0.15, -0.1) is 0 Å². The van der Waals surface area contributed by atoms with Gasteiger partial charge >= 0.3 is 0 Å². The molecule has 4 aromatic rings. The number of carbonyl (C=O) groups is 1. The largest absolute Gasteiger partial charge is 0.481 e. The molecule has 1 amide bonds. The first kappa shape index (κ1) is 27.9. The third-order valence-electron chi connectivity index (χ3n) is 7.26. The first-order valence-electron chi connectivity index (χ1n) is 13.2. The van der Waals surface area contributed by atoms with Crippen molar-refractivity contribution >= 4 is 54.1 Å². The number of rotatable bonds is 10. The number of sulfonamides is 1. The number of pyridine rings is 1. The van der Waals surface area contributed by atoms with Gasteiger partial charge in [0.2, 0.25) is 11.8 Å². The molecule has 0 spiro atoms. The van der Waals surface area contributed by atoms with Crippen LogP contribution in [0.5, 0.6) is 5.88 Å². The Hall–Kier alpha value is -3.70. The highest BCUT2D eigenvalue weighted by atomic mass is 32.2. The first-order valence-corrected chi connectivity index (χ1v) is 15.5. The molecule has 40 heavy (non-hydrogen) atoms. The van der Waals surface area contributed by atoms with E-state index in [-0.39, 0.29) is 10.8 Å². The van der Waals surface area contributed by atoms with Crippen molar-refractivity contribution in [2.24, 2.45) is 5.92 Å². The Morgan fingerprint density at radius 1 is 1.02 bits per heavy atom. The third kappa shape index (κ3) is 6.37. The van der Waals surface area contributed by atoms with E-state index in [0.717, 1.165) is 24.1 Å². The highest BCUT2D eigenvalue weighted by molar-refractivity contribution is 7.92. The fourth-order valence-corrected chi connectivity index (χ4v) is 6.95. The molecule has 0 saturated heterocycles. The van der Waals surface area contributed by atoms with Crippen molar-refractivity contribution in [3.8, 4) is 5.88 Å². The predicted octanol–water partition coefficient (Wildman–Crippen LogP) is 5.87. The number of hydrogen-bond acceptors (Lipinski definition) is 8. The van der Waals surface area contributed by atoms with Gasteiger partial charge in [-0.25, -0.2) is 18.4 Å². The maximum Gasteiger partial charge on any atom is 0.261 e. The van der Waals surface area contributed by atoms with Gasteiger partial charge in [0.05, 0.1) is 17.9 Å². The molecule has 2 aromatic carbocycles. The maximum absolute atomic E-state index is 13.6. The summed E-state index contributed by atoms with van der Waals surface area (Å²) in [5, 5.41) is 3.46. The van der Waals surface area contributed by atoms with E-state index in [1.807, 2.05) is 37.2 Å². The second-order valence-corrected chi connectivity index (χ2v) is 12.9. The number of nitrogens with one attached hydrogen (secondary N) is 2. The van der Waals surface area contributed by atoms with Crippen molar-refractivity contribution in [3.63, 3.8) is 0 Å². The zero-order chi connectivity index (χ0) is 28.3. The summed E-state index contributed by atoms with van der Waals surface area (Å²) in [6.07, 6.45) is 5.23. The van der Waals surface area contributed by atoms with E-state index in [0.29, 0.717) is 39.4 Å². The number of hydrogen-bond donors (Lipinski definition) is 2. The average Bonchev–Trinajstić information content (AvgIpc) is 3.60. The van der Waals surface area contributed by atoms with E-state index in [1.54, 1.807) is 49.6 Å². The second kappa shape index (κ2) is 11.8. The number of methoxy groups -OCH3 is 1. The zero-order valence-corrected chi connectivity index (χ0v) is 24.4. The molecule has 9 nitrogen and oxygen atoms in total. The number of amides is 1. The van der Waals surface area contributed by atoms with E-state index >= 15 is 0 Å². The van der Waals surface area contributed by atoms with Gasteiger partial charge < -0.3 is 15.0 Å². The van der Waals surface area contributed by atoms with E-state index in [9.17, 15) is 13.2 Å². The Balaban J connectivity index is 1.35. The van der Waals surface area contributed by atoms with Gasteiger partial charge in [-0.1, -0.05) is 49.2 Å². The van der Waals surface area contributed by atoms with Gasteiger partial charge in [-0.2, -0.15) is 0 Å². The Morgan fingerprint density at radius 3 is 2.38 bits per heavy atom. The van der Waals surface area contributed by atoms with Crippen LogP contribution in [0.25, 0.3) is 10.3 Å². The summed E-state index contributed by atoms with van der Waals surface area (Å²) in [5.41, 5.74) is 2.92. The number of thiazole rings is 1. The van der Waals surface area contributed by atoms with E-state index in [4.69, 9.17) is 4.74 Å². The lowest BCUT2D eigenvalue weighted by Crippen LogP contribution is -2.23. The van der Waals surface area contributed by atoms with Crippen LogP contribution in [-0.4, -0.2) is 45.5 Å². The Bertz CT molecular complexity index is 1580. The number of fused-ring (bicyclic) bond motifs is 1. The molecule has 0 bridgehead atoms. The minimum atomic E-state index is -3.79. The number of anilines is 3. The number of benzene rings is 2. The molecular weight excluding hydrogens is 546 g/mol. The minimum Gasteiger partial charge on any atom is -0.481 e. The SMILES string of the molecule is COc1ccc2nc(NC(=O)C(CC3CCCC3)c3ccc(S(=O)(=O)Nc4ccc(N(C)C)cc4)cc3)sc2n1. The van der Waals surface area contributed by atoms with Gasteiger partial charge in [0.25, 0.3) is 10.0 Å². The molecule has 1 saturated carbocycles. The van der Waals surface area contributed by atoms with Crippen molar-refractivity contribution in [1.29, 1.82) is 0 Å². The Morgan fingerprint density at radius 2 is 1.73 bits per heavy atom. The summed E-state index contributed by atoms with van der Waals surface area (Å²) in [6, 6.07) is 17.3. The van der Waals surface area contributed by atoms with Crippen LogP contribution in [-0.2, 0) is 14.8 Å². The summed E-state index contributed by atoms with van der Waals surface area (Å²) in [7, 11) is 1.62. The lowest BCUT2D eigenvalue weighted by molar-refractivity contribution is -0.118. The normalized spacial score (nSPS) is 14.7. The number of ether oxygens (including phenoxy) is 1. The fraction of sp³-hybridized carbons (Fsp3) is 0.345. The number of aromatic nitrogens is 2. The minimum absolute atomic E-state index is 0.138. The van der Waals surface area contributed by atoms with Crippen molar-refractivity contribution in [2.75, 3.05) is 36.1 Å². The van der Waals surface area contributed by atoms with E-state index < -0.39 is 15.9 Å².